The van der Waals surface area contributed by atoms with Crippen LogP contribution >= 0.6 is 0 Å². The zero-order chi connectivity index (χ0) is 17.2. The first-order valence-electron chi connectivity index (χ1n) is 8.19. The second-order valence-corrected chi connectivity index (χ2v) is 6.01. The summed E-state index contributed by atoms with van der Waals surface area (Å²) in [5, 5.41) is 3.47. The predicted octanol–water partition coefficient (Wildman–Crippen LogP) is 2.88. The number of nitrogens with one attached hydrogen (secondary N) is 2. The molecule has 6 nitrogen and oxygen atoms in total. The molecule has 1 aromatic carbocycles. The first-order valence-corrected chi connectivity index (χ1v) is 8.19. The molecule has 1 amide bonds. The highest BCUT2D eigenvalue weighted by Gasteiger charge is 2.20. The molecule has 1 atom stereocenters. The third-order valence-electron chi connectivity index (χ3n) is 4.21. The number of carbonyl (C=O) groups is 1. The van der Waals surface area contributed by atoms with Crippen LogP contribution in [-0.4, -0.2) is 27.5 Å². The number of rotatable bonds is 4. The minimum atomic E-state index is -0.332. The van der Waals surface area contributed by atoms with Crippen molar-refractivity contribution in [3.8, 4) is 0 Å². The van der Waals surface area contributed by atoms with Crippen LogP contribution in [0.4, 0.5) is 4.39 Å². The highest BCUT2D eigenvalue weighted by atomic mass is 19.1. The first kappa shape index (κ1) is 15.7. The van der Waals surface area contributed by atoms with E-state index in [1.54, 1.807) is 24.4 Å². The number of H-pyrrole nitrogens is 1. The third kappa shape index (κ3) is 3.36. The number of ether oxygens (including phenoxy) is 1. The lowest BCUT2D eigenvalue weighted by molar-refractivity contribution is 0.0945. The number of nitrogens with zero attached hydrogens (tertiary/aromatic N) is 2. The fraction of sp³-hybridized carbons (Fsp3) is 0.278. The van der Waals surface area contributed by atoms with E-state index < -0.39 is 0 Å². The van der Waals surface area contributed by atoms with Crippen molar-refractivity contribution in [2.75, 3.05) is 6.61 Å². The molecule has 1 aliphatic heterocycles. The van der Waals surface area contributed by atoms with Crippen molar-refractivity contribution in [1.82, 2.24) is 20.3 Å². The van der Waals surface area contributed by atoms with Gasteiger partial charge in [0, 0.05) is 23.7 Å². The second kappa shape index (κ2) is 6.60. The molecule has 0 aliphatic carbocycles. The molecular weight excluding hydrogens is 323 g/mol. The second-order valence-electron chi connectivity index (χ2n) is 6.01. The van der Waals surface area contributed by atoms with Gasteiger partial charge < -0.3 is 15.0 Å². The van der Waals surface area contributed by atoms with E-state index in [2.05, 4.69) is 20.3 Å². The molecule has 3 heterocycles. The Labute approximate surface area is 143 Å². The van der Waals surface area contributed by atoms with E-state index in [1.807, 2.05) is 0 Å². The lowest BCUT2D eigenvalue weighted by Gasteiger charge is -2.09. The fourth-order valence-electron chi connectivity index (χ4n) is 2.94. The Morgan fingerprint density at radius 2 is 2.28 bits per heavy atom. The Bertz CT molecular complexity index is 918. The number of aromatic nitrogens is 3. The number of benzene rings is 1. The smallest absolute Gasteiger partial charge is 0.268 e. The van der Waals surface area contributed by atoms with Crippen LogP contribution in [0.15, 0.2) is 36.5 Å². The molecule has 25 heavy (non-hydrogen) atoms. The molecule has 0 unspecified atom stereocenters. The number of aromatic amines is 1. The predicted molar refractivity (Wildman–Crippen MR) is 89.4 cm³/mol. The Balaban J connectivity index is 1.45. The SMILES string of the molecule is O=C(NCc1ccnc([C@H]2CCCO2)n1)c1cc2cc(F)ccc2[nH]1. The molecule has 1 saturated heterocycles. The summed E-state index contributed by atoms with van der Waals surface area (Å²) >= 11 is 0. The van der Waals surface area contributed by atoms with Gasteiger partial charge in [0.2, 0.25) is 0 Å². The number of amides is 1. The molecule has 128 valence electrons. The van der Waals surface area contributed by atoms with E-state index in [-0.39, 0.29) is 24.4 Å². The molecule has 4 rings (SSSR count). The Kier molecular flexibility index (Phi) is 4.15. The van der Waals surface area contributed by atoms with Crippen LogP contribution < -0.4 is 5.32 Å². The Hall–Kier alpha value is -2.80. The van der Waals surface area contributed by atoms with Crippen molar-refractivity contribution in [3.05, 3.63) is 59.6 Å². The maximum Gasteiger partial charge on any atom is 0.268 e. The van der Waals surface area contributed by atoms with E-state index in [0.717, 1.165) is 25.1 Å². The average molecular weight is 340 g/mol. The summed E-state index contributed by atoms with van der Waals surface area (Å²) < 4.78 is 18.8. The van der Waals surface area contributed by atoms with Gasteiger partial charge in [-0.2, -0.15) is 0 Å². The molecule has 7 heteroatoms. The molecule has 0 bridgehead atoms. The molecule has 3 aromatic rings. The summed E-state index contributed by atoms with van der Waals surface area (Å²) in [7, 11) is 0. The summed E-state index contributed by atoms with van der Waals surface area (Å²) in [4.78, 5) is 24.0. The van der Waals surface area contributed by atoms with E-state index in [9.17, 15) is 9.18 Å². The fourth-order valence-corrected chi connectivity index (χ4v) is 2.94. The van der Waals surface area contributed by atoms with Gasteiger partial charge in [0.15, 0.2) is 5.82 Å². The summed E-state index contributed by atoms with van der Waals surface area (Å²) in [6.45, 7) is 1.01. The maximum atomic E-state index is 13.2. The minimum Gasteiger partial charge on any atom is -0.370 e. The van der Waals surface area contributed by atoms with Crippen LogP contribution in [0.5, 0.6) is 0 Å². The Morgan fingerprint density at radius 1 is 1.36 bits per heavy atom. The highest BCUT2D eigenvalue weighted by Crippen LogP contribution is 2.25. The standard InChI is InChI=1S/C18H17FN4O2/c19-12-3-4-14-11(8-12)9-15(23-14)18(24)21-10-13-5-6-20-17(22-13)16-2-1-7-25-16/h3-6,8-9,16,23H,1-2,7,10H2,(H,21,24)/t16-/m1/s1. The lowest BCUT2D eigenvalue weighted by atomic mass is 10.2. The normalized spacial score (nSPS) is 17.1. The quantitative estimate of drug-likeness (QED) is 0.765. The number of carbonyl (C=O) groups excluding carboxylic acids is 1. The van der Waals surface area contributed by atoms with Crippen molar-refractivity contribution < 1.29 is 13.9 Å². The minimum absolute atomic E-state index is 0.0562. The van der Waals surface area contributed by atoms with Crippen LogP contribution in [0, 0.1) is 5.82 Å². The summed E-state index contributed by atoms with van der Waals surface area (Å²) in [5.41, 5.74) is 1.82. The van der Waals surface area contributed by atoms with E-state index in [4.69, 9.17) is 4.74 Å². The van der Waals surface area contributed by atoms with Crippen LogP contribution in [0.25, 0.3) is 10.9 Å². The van der Waals surface area contributed by atoms with Crippen LogP contribution in [0.1, 0.15) is 41.0 Å². The number of hydrogen-bond acceptors (Lipinski definition) is 4. The van der Waals surface area contributed by atoms with Gasteiger partial charge in [-0.1, -0.05) is 0 Å². The van der Waals surface area contributed by atoms with E-state index in [0.29, 0.717) is 22.4 Å². The zero-order valence-electron chi connectivity index (χ0n) is 13.5. The Morgan fingerprint density at radius 3 is 3.12 bits per heavy atom. The molecule has 2 aromatic heterocycles. The average Bonchev–Trinajstić information content (AvgIpc) is 3.29. The molecule has 0 spiro atoms. The zero-order valence-corrected chi connectivity index (χ0v) is 13.5. The van der Waals surface area contributed by atoms with Crippen LogP contribution in [0.3, 0.4) is 0 Å². The molecule has 0 saturated carbocycles. The van der Waals surface area contributed by atoms with Crippen molar-refractivity contribution in [1.29, 1.82) is 0 Å². The van der Waals surface area contributed by atoms with E-state index in [1.165, 1.54) is 12.1 Å². The number of hydrogen-bond donors (Lipinski definition) is 2. The summed E-state index contributed by atoms with van der Waals surface area (Å²) in [5.74, 6) is 0.0559. The van der Waals surface area contributed by atoms with E-state index >= 15 is 0 Å². The van der Waals surface area contributed by atoms with Crippen molar-refractivity contribution in [2.45, 2.75) is 25.5 Å². The van der Waals surface area contributed by atoms with Crippen LogP contribution in [0.2, 0.25) is 0 Å². The largest absolute Gasteiger partial charge is 0.370 e. The van der Waals surface area contributed by atoms with Gasteiger partial charge in [0.1, 0.15) is 17.6 Å². The topological polar surface area (TPSA) is 79.9 Å². The summed E-state index contributed by atoms with van der Waals surface area (Å²) in [6.07, 6.45) is 3.55. The summed E-state index contributed by atoms with van der Waals surface area (Å²) in [6, 6.07) is 7.75. The molecule has 2 N–H and O–H groups in total. The number of fused-ring (bicyclic) bond motifs is 1. The monoisotopic (exact) mass is 340 g/mol. The first-order chi connectivity index (χ1) is 12.2. The van der Waals surface area contributed by atoms with Gasteiger partial charge in [-0.05, 0) is 43.2 Å². The van der Waals surface area contributed by atoms with Gasteiger partial charge in [0.25, 0.3) is 5.91 Å². The molecule has 1 fully saturated rings. The van der Waals surface area contributed by atoms with Crippen molar-refractivity contribution in [2.24, 2.45) is 0 Å². The van der Waals surface area contributed by atoms with Gasteiger partial charge >= 0.3 is 0 Å². The van der Waals surface area contributed by atoms with Crippen molar-refractivity contribution in [3.63, 3.8) is 0 Å². The maximum absolute atomic E-state index is 13.2. The van der Waals surface area contributed by atoms with Crippen LogP contribution in [-0.2, 0) is 11.3 Å². The van der Waals surface area contributed by atoms with Gasteiger partial charge in [-0.3, -0.25) is 4.79 Å². The molecule has 0 radical (unpaired) electrons. The van der Waals surface area contributed by atoms with Gasteiger partial charge in [0.05, 0.1) is 12.2 Å². The molecule has 1 aliphatic rings. The van der Waals surface area contributed by atoms with Gasteiger partial charge in [-0.25, -0.2) is 14.4 Å². The molecular formula is C18H17FN4O2. The highest BCUT2D eigenvalue weighted by molar-refractivity contribution is 5.97. The number of halogens is 1. The third-order valence-corrected chi connectivity index (χ3v) is 4.21. The van der Waals surface area contributed by atoms with Crippen molar-refractivity contribution >= 4 is 16.8 Å². The lowest BCUT2D eigenvalue weighted by Crippen LogP contribution is -2.24. The van der Waals surface area contributed by atoms with Gasteiger partial charge in [-0.15, -0.1) is 0 Å².